The van der Waals surface area contributed by atoms with Gasteiger partial charge in [-0.25, -0.2) is 0 Å². The molecule has 2 rings (SSSR count). The first kappa shape index (κ1) is 7.83. The summed E-state index contributed by atoms with van der Waals surface area (Å²) < 4.78 is 5.34. The summed E-state index contributed by atoms with van der Waals surface area (Å²) >= 11 is 0. The largest absolute Gasteiger partial charge is 0.491 e. The second-order valence-corrected chi connectivity index (χ2v) is 3.01. The van der Waals surface area contributed by atoms with Gasteiger partial charge in [-0.3, -0.25) is 0 Å². The molecule has 1 aromatic rings. The Morgan fingerprint density at radius 3 is 3.00 bits per heavy atom. The molecule has 62 valence electrons. The molecule has 1 aliphatic rings. The third-order valence-electron chi connectivity index (χ3n) is 2.27. The van der Waals surface area contributed by atoms with Gasteiger partial charge in [-0.2, -0.15) is 0 Å². The van der Waals surface area contributed by atoms with Crippen molar-refractivity contribution in [3.63, 3.8) is 0 Å². The molecule has 0 aliphatic carbocycles. The van der Waals surface area contributed by atoms with Gasteiger partial charge in [0.2, 0.25) is 0 Å². The molecule has 2 nitrogen and oxygen atoms in total. The van der Waals surface area contributed by atoms with Gasteiger partial charge in [0.15, 0.2) is 0 Å². The third kappa shape index (κ3) is 1.06. The van der Waals surface area contributed by atoms with Crippen molar-refractivity contribution in [3.05, 3.63) is 29.8 Å². The van der Waals surface area contributed by atoms with Crippen LogP contribution in [0, 0.1) is 0 Å². The second-order valence-electron chi connectivity index (χ2n) is 3.01. The van der Waals surface area contributed by atoms with Gasteiger partial charge in [0.25, 0.3) is 0 Å². The van der Waals surface area contributed by atoms with Crippen LogP contribution in [0.25, 0.3) is 0 Å². The van der Waals surface area contributed by atoms with Crippen molar-refractivity contribution in [1.29, 1.82) is 0 Å². The molecule has 0 fully saturated rings. The van der Waals surface area contributed by atoms with Crippen LogP contribution >= 0.6 is 0 Å². The van der Waals surface area contributed by atoms with Crippen LogP contribution in [0.5, 0.6) is 0 Å². The maximum Gasteiger partial charge on any atom is 0.491 e. The van der Waals surface area contributed by atoms with Crippen molar-refractivity contribution >= 4 is 12.6 Å². The zero-order valence-electron chi connectivity index (χ0n) is 7.03. The Bertz CT molecular complexity index is 288. The summed E-state index contributed by atoms with van der Waals surface area (Å²) in [4.78, 5) is 0. The minimum Gasteiger partial charge on any atom is -0.423 e. The van der Waals surface area contributed by atoms with E-state index in [2.05, 4.69) is 6.92 Å². The van der Waals surface area contributed by atoms with Crippen LogP contribution in [0.1, 0.15) is 25.0 Å². The Hall–Kier alpha value is -0.795. The van der Waals surface area contributed by atoms with Crippen LogP contribution in [0.3, 0.4) is 0 Å². The van der Waals surface area contributed by atoms with E-state index < -0.39 is 7.12 Å². The highest BCUT2D eigenvalue weighted by molar-refractivity contribution is 6.61. The molecule has 0 unspecified atom stereocenters. The molecule has 0 radical (unpaired) electrons. The van der Waals surface area contributed by atoms with E-state index in [1.807, 2.05) is 24.3 Å². The molecular formula is C9H11BO2. The maximum atomic E-state index is 9.46. The molecule has 0 spiro atoms. The molecule has 1 aliphatic heterocycles. The minimum atomic E-state index is -0.717. The summed E-state index contributed by atoms with van der Waals surface area (Å²) in [6.45, 7) is 2.06. The highest BCUT2D eigenvalue weighted by Gasteiger charge is 2.33. The van der Waals surface area contributed by atoms with Crippen LogP contribution in [-0.2, 0) is 4.65 Å². The number of benzene rings is 1. The zero-order chi connectivity index (χ0) is 8.55. The number of rotatable bonds is 1. The van der Waals surface area contributed by atoms with Crippen LogP contribution < -0.4 is 5.46 Å². The molecule has 3 heteroatoms. The molecule has 1 atom stereocenters. The maximum absolute atomic E-state index is 9.46. The fourth-order valence-electron chi connectivity index (χ4n) is 1.65. The lowest BCUT2D eigenvalue weighted by atomic mass is 9.79. The summed E-state index contributed by atoms with van der Waals surface area (Å²) in [6, 6.07) is 7.82. The average molecular weight is 162 g/mol. The summed E-state index contributed by atoms with van der Waals surface area (Å²) in [5.74, 6) is 0. The van der Waals surface area contributed by atoms with Crippen molar-refractivity contribution in [1.82, 2.24) is 0 Å². The Morgan fingerprint density at radius 1 is 1.50 bits per heavy atom. The first-order valence-corrected chi connectivity index (χ1v) is 4.25. The quantitative estimate of drug-likeness (QED) is 0.620. The summed E-state index contributed by atoms with van der Waals surface area (Å²) in [7, 11) is -0.717. The van der Waals surface area contributed by atoms with Gasteiger partial charge in [0.05, 0.1) is 6.10 Å². The molecule has 0 saturated heterocycles. The van der Waals surface area contributed by atoms with Gasteiger partial charge < -0.3 is 9.68 Å². The van der Waals surface area contributed by atoms with E-state index in [1.54, 1.807) is 0 Å². The summed E-state index contributed by atoms with van der Waals surface area (Å²) in [5, 5.41) is 9.46. The van der Waals surface area contributed by atoms with Crippen molar-refractivity contribution < 1.29 is 9.68 Å². The summed E-state index contributed by atoms with van der Waals surface area (Å²) in [6.07, 6.45) is 0.991. The van der Waals surface area contributed by atoms with Gasteiger partial charge in [0.1, 0.15) is 0 Å². The Morgan fingerprint density at radius 2 is 2.25 bits per heavy atom. The van der Waals surface area contributed by atoms with Crippen LogP contribution in [0.4, 0.5) is 0 Å². The van der Waals surface area contributed by atoms with Crippen LogP contribution in [0.15, 0.2) is 24.3 Å². The smallest absolute Gasteiger partial charge is 0.423 e. The van der Waals surface area contributed by atoms with Gasteiger partial charge in [-0.1, -0.05) is 31.2 Å². The van der Waals surface area contributed by atoms with Gasteiger partial charge >= 0.3 is 7.12 Å². The second kappa shape index (κ2) is 2.92. The van der Waals surface area contributed by atoms with Crippen LogP contribution in [-0.4, -0.2) is 12.1 Å². The lowest BCUT2D eigenvalue weighted by Crippen LogP contribution is -2.27. The van der Waals surface area contributed by atoms with E-state index in [1.165, 1.54) is 0 Å². The van der Waals surface area contributed by atoms with Gasteiger partial charge in [-0.15, -0.1) is 0 Å². The molecule has 0 bridgehead atoms. The van der Waals surface area contributed by atoms with E-state index in [0.29, 0.717) is 0 Å². The topological polar surface area (TPSA) is 29.5 Å². The molecule has 0 aromatic heterocycles. The first-order chi connectivity index (χ1) is 5.83. The van der Waals surface area contributed by atoms with E-state index in [-0.39, 0.29) is 6.10 Å². The zero-order valence-corrected chi connectivity index (χ0v) is 7.03. The van der Waals surface area contributed by atoms with Gasteiger partial charge in [-0.05, 0) is 17.4 Å². The van der Waals surface area contributed by atoms with Crippen molar-refractivity contribution in [2.24, 2.45) is 0 Å². The highest BCUT2D eigenvalue weighted by Crippen LogP contribution is 2.25. The third-order valence-corrected chi connectivity index (χ3v) is 2.27. The lowest BCUT2D eigenvalue weighted by molar-refractivity contribution is 0.186. The predicted octanol–water partition coefficient (Wildman–Crippen LogP) is 0.855. The minimum absolute atomic E-state index is 0.0798. The Balaban J connectivity index is 2.43. The first-order valence-electron chi connectivity index (χ1n) is 4.25. The normalized spacial score (nSPS) is 21.2. The fourth-order valence-corrected chi connectivity index (χ4v) is 1.65. The SMILES string of the molecule is CC[C@@H]1OB(O)c2ccccc21. The Labute approximate surface area is 72.3 Å². The molecular weight excluding hydrogens is 151 g/mol. The summed E-state index contributed by atoms with van der Waals surface area (Å²) in [5.41, 5.74) is 2.05. The predicted molar refractivity (Wildman–Crippen MR) is 48.2 cm³/mol. The number of hydrogen-bond acceptors (Lipinski definition) is 2. The van der Waals surface area contributed by atoms with Gasteiger partial charge in [0, 0.05) is 0 Å². The number of fused-ring (bicyclic) bond motifs is 1. The van der Waals surface area contributed by atoms with Crippen LogP contribution in [0.2, 0.25) is 0 Å². The molecule has 1 aromatic carbocycles. The van der Waals surface area contributed by atoms with E-state index in [0.717, 1.165) is 17.4 Å². The molecule has 12 heavy (non-hydrogen) atoms. The molecule has 0 saturated carbocycles. The Kier molecular flexibility index (Phi) is 1.91. The highest BCUT2D eigenvalue weighted by atomic mass is 16.5. The monoisotopic (exact) mass is 162 g/mol. The van der Waals surface area contributed by atoms with Crippen molar-refractivity contribution in [3.8, 4) is 0 Å². The fraction of sp³-hybridized carbons (Fsp3) is 0.333. The number of hydrogen-bond donors (Lipinski definition) is 1. The van der Waals surface area contributed by atoms with E-state index in [4.69, 9.17) is 4.65 Å². The lowest BCUT2D eigenvalue weighted by Gasteiger charge is -2.07. The molecule has 1 heterocycles. The molecule has 1 N–H and O–H groups in total. The average Bonchev–Trinajstić information content (AvgIpc) is 2.44. The van der Waals surface area contributed by atoms with Crippen molar-refractivity contribution in [2.75, 3.05) is 0 Å². The van der Waals surface area contributed by atoms with E-state index in [9.17, 15) is 5.02 Å². The standard InChI is InChI=1S/C9H11BO2/c1-2-9-7-5-3-4-6-8(7)10(11)12-9/h3-6,9,11H,2H2,1H3/t9-/m0/s1. The van der Waals surface area contributed by atoms with E-state index >= 15 is 0 Å². The molecule has 0 amide bonds. The van der Waals surface area contributed by atoms with Crippen molar-refractivity contribution in [2.45, 2.75) is 19.4 Å².